The summed E-state index contributed by atoms with van der Waals surface area (Å²) in [7, 11) is 0. The van der Waals surface area contributed by atoms with Crippen LogP contribution in [0.1, 0.15) is 5.56 Å². The summed E-state index contributed by atoms with van der Waals surface area (Å²) in [6.45, 7) is -0.174. The molecule has 1 amide bonds. The molecule has 0 saturated heterocycles. The fraction of sp³-hybridized carbons (Fsp3) is 0.0625. The summed E-state index contributed by atoms with van der Waals surface area (Å²) in [4.78, 5) is 13.1. The number of aromatic nitrogens is 4. The van der Waals surface area contributed by atoms with Crippen LogP contribution in [0.5, 0.6) is 11.5 Å². The van der Waals surface area contributed by atoms with Crippen molar-refractivity contribution in [2.45, 2.75) is 6.54 Å². The number of carbonyl (C=O) groups excluding carboxylic acids is 1. The average molecular weight is 496 g/mol. The van der Waals surface area contributed by atoms with Gasteiger partial charge in [-0.1, -0.05) is 30.3 Å². The number of hydrogen-bond acceptors (Lipinski definition) is 7. The van der Waals surface area contributed by atoms with Crippen LogP contribution < -0.4 is 5.43 Å². The first-order chi connectivity index (χ1) is 13.0. The number of phenolic OH excluding ortho intramolecular Hbond substituents is 2. The summed E-state index contributed by atoms with van der Waals surface area (Å²) in [6.07, 6.45) is 1.24. The lowest BCUT2D eigenvalue weighted by molar-refractivity contribution is -0.122. The van der Waals surface area contributed by atoms with E-state index in [2.05, 4.69) is 57.8 Å². The molecule has 0 saturated carbocycles. The Labute approximate surface area is 170 Å². The van der Waals surface area contributed by atoms with Crippen LogP contribution in [0.3, 0.4) is 0 Å². The van der Waals surface area contributed by atoms with Gasteiger partial charge in [0.25, 0.3) is 5.91 Å². The number of nitrogens with one attached hydrogen (secondary N) is 1. The zero-order valence-corrected chi connectivity index (χ0v) is 16.7. The second kappa shape index (κ2) is 8.27. The van der Waals surface area contributed by atoms with Crippen LogP contribution in [-0.2, 0) is 11.3 Å². The van der Waals surface area contributed by atoms with Gasteiger partial charge < -0.3 is 10.2 Å². The minimum Gasteiger partial charge on any atom is -0.506 e. The Morgan fingerprint density at radius 2 is 1.96 bits per heavy atom. The Bertz CT molecular complexity index is 1010. The first-order valence-electron chi connectivity index (χ1n) is 7.50. The van der Waals surface area contributed by atoms with Gasteiger partial charge in [-0.15, -0.1) is 10.2 Å². The molecule has 1 heterocycles. The van der Waals surface area contributed by atoms with Gasteiger partial charge in [-0.05, 0) is 43.1 Å². The Hall–Kier alpha value is -2.79. The Morgan fingerprint density at radius 3 is 2.70 bits per heavy atom. The van der Waals surface area contributed by atoms with E-state index in [4.69, 9.17) is 0 Å². The molecule has 3 aromatic rings. The van der Waals surface area contributed by atoms with E-state index in [0.29, 0.717) is 10.3 Å². The van der Waals surface area contributed by atoms with Crippen molar-refractivity contribution in [3.63, 3.8) is 0 Å². The maximum absolute atomic E-state index is 11.9. The lowest BCUT2D eigenvalue weighted by Crippen LogP contribution is -2.24. The van der Waals surface area contributed by atoms with Crippen molar-refractivity contribution in [2.75, 3.05) is 0 Å². The van der Waals surface area contributed by atoms with Crippen LogP contribution in [0.2, 0.25) is 0 Å². The van der Waals surface area contributed by atoms with Crippen LogP contribution in [0.4, 0.5) is 0 Å². The van der Waals surface area contributed by atoms with Crippen molar-refractivity contribution in [2.24, 2.45) is 5.10 Å². The van der Waals surface area contributed by atoms with Crippen molar-refractivity contribution < 1.29 is 15.0 Å². The first-order valence-corrected chi connectivity index (χ1v) is 9.09. The van der Waals surface area contributed by atoms with E-state index in [0.717, 1.165) is 10.4 Å². The lowest BCUT2D eigenvalue weighted by Gasteiger charge is -2.06. The van der Waals surface area contributed by atoms with Crippen molar-refractivity contribution >= 4 is 44.0 Å². The van der Waals surface area contributed by atoms with Crippen LogP contribution in [0.15, 0.2) is 50.4 Å². The molecule has 27 heavy (non-hydrogen) atoms. The minimum atomic E-state index is -0.473. The highest BCUT2D eigenvalue weighted by atomic mass is 79.9. The van der Waals surface area contributed by atoms with Gasteiger partial charge in [-0.2, -0.15) is 9.90 Å². The fourth-order valence-corrected chi connectivity index (χ4v) is 3.22. The number of aromatic hydroxyl groups is 2. The van der Waals surface area contributed by atoms with Gasteiger partial charge in [0.15, 0.2) is 0 Å². The molecule has 0 aliphatic carbocycles. The van der Waals surface area contributed by atoms with Gasteiger partial charge in [0.05, 0.1) is 10.7 Å². The molecule has 9 nitrogen and oxygen atoms in total. The molecular weight excluding hydrogens is 484 g/mol. The standard InChI is InChI=1S/C16H12Br2N6O3/c17-11-6-10(14(26)13(18)15(11)27)7-19-20-12(25)8-24-22-16(21-23-24)9-4-2-1-3-5-9/h1-7,26-27H,8H2,(H,20,25)/b19-7-. The van der Waals surface area contributed by atoms with Gasteiger partial charge in [0.2, 0.25) is 5.82 Å². The number of nitrogens with zero attached hydrogens (tertiary/aromatic N) is 5. The number of hydrogen-bond donors (Lipinski definition) is 3. The summed E-state index contributed by atoms with van der Waals surface area (Å²) >= 11 is 6.21. The van der Waals surface area contributed by atoms with Crippen molar-refractivity contribution in [1.82, 2.24) is 25.6 Å². The Kier molecular flexibility index (Phi) is 5.81. The minimum absolute atomic E-state index is 0.116. The number of benzene rings is 2. The fourth-order valence-electron chi connectivity index (χ4n) is 2.07. The Balaban J connectivity index is 1.62. The van der Waals surface area contributed by atoms with Crippen LogP contribution in [0, 0.1) is 0 Å². The smallest absolute Gasteiger partial charge is 0.263 e. The molecule has 0 fully saturated rings. The molecule has 2 aromatic carbocycles. The predicted octanol–water partition coefficient (Wildman–Crippen LogP) is 2.43. The first kappa shape index (κ1) is 19.0. The van der Waals surface area contributed by atoms with Gasteiger partial charge >= 0.3 is 0 Å². The number of halogens is 2. The Morgan fingerprint density at radius 1 is 1.22 bits per heavy atom. The predicted molar refractivity (Wildman–Crippen MR) is 104 cm³/mol. The van der Waals surface area contributed by atoms with Gasteiger partial charge in [0, 0.05) is 11.1 Å². The monoisotopic (exact) mass is 494 g/mol. The maximum atomic E-state index is 11.9. The summed E-state index contributed by atoms with van der Waals surface area (Å²) in [5, 5.41) is 35.3. The number of phenols is 2. The third-order valence-corrected chi connectivity index (χ3v) is 4.72. The van der Waals surface area contributed by atoms with E-state index in [9.17, 15) is 15.0 Å². The largest absolute Gasteiger partial charge is 0.506 e. The lowest BCUT2D eigenvalue weighted by atomic mass is 10.2. The maximum Gasteiger partial charge on any atom is 0.263 e. The molecule has 0 aliphatic heterocycles. The zero-order valence-electron chi connectivity index (χ0n) is 13.5. The van der Waals surface area contributed by atoms with Crippen LogP contribution >= 0.6 is 31.9 Å². The normalized spacial score (nSPS) is 11.0. The third-order valence-electron chi connectivity index (χ3n) is 3.36. The van der Waals surface area contributed by atoms with E-state index in [1.54, 1.807) is 0 Å². The average Bonchev–Trinajstić information content (AvgIpc) is 3.13. The summed E-state index contributed by atoms with van der Waals surface area (Å²) in [6, 6.07) is 10.7. The van der Waals surface area contributed by atoms with Crippen molar-refractivity contribution in [3.8, 4) is 22.9 Å². The molecule has 1 aromatic heterocycles. The molecule has 0 spiro atoms. The molecule has 0 atom stereocenters. The highest BCUT2D eigenvalue weighted by molar-refractivity contribution is 9.11. The molecule has 11 heteroatoms. The van der Waals surface area contributed by atoms with E-state index in [-0.39, 0.29) is 28.1 Å². The van der Waals surface area contributed by atoms with Crippen LogP contribution in [0.25, 0.3) is 11.4 Å². The highest BCUT2D eigenvalue weighted by Gasteiger charge is 2.13. The molecule has 0 bridgehead atoms. The molecular formula is C16H12Br2N6O3. The highest BCUT2D eigenvalue weighted by Crippen LogP contribution is 2.40. The van der Waals surface area contributed by atoms with Gasteiger partial charge in [0.1, 0.15) is 22.5 Å². The summed E-state index contributed by atoms with van der Waals surface area (Å²) in [5.41, 5.74) is 3.39. The second-order valence-electron chi connectivity index (χ2n) is 5.26. The van der Waals surface area contributed by atoms with E-state index < -0.39 is 5.91 Å². The van der Waals surface area contributed by atoms with Crippen LogP contribution in [-0.4, -0.2) is 42.5 Å². The molecule has 138 valence electrons. The number of hydrazone groups is 1. The third kappa shape index (κ3) is 4.49. The second-order valence-corrected chi connectivity index (χ2v) is 6.91. The van der Waals surface area contributed by atoms with Crippen molar-refractivity contribution in [3.05, 3.63) is 50.9 Å². The molecule has 0 radical (unpaired) electrons. The number of carbonyl (C=O) groups is 1. The van der Waals surface area contributed by atoms with E-state index in [1.807, 2.05) is 30.3 Å². The molecule has 3 N–H and O–H groups in total. The zero-order chi connectivity index (χ0) is 19.4. The van der Waals surface area contributed by atoms with E-state index in [1.165, 1.54) is 12.3 Å². The topological polar surface area (TPSA) is 126 Å². The molecule has 3 rings (SSSR count). The number of amides is 1. The number of tetrazole rings is 1. The SMILES string of the molecule is O=C(Cn1nnc(-c2ccccc2)n1)N/N=C\c1cc(Br)c(O)c(Br)c1O. The quantitative estimate of drug-likeness (QED) is 0.368. The summed E-state index contributed by atoms with van der Waals surface area (Å²) in [5.74, 6) is -0.408. The van der Waals surface area contributed by atoms with E-state index >= 15 is 0 Å². The van der Waals surface area contributed by atoms with Crippen molar-refractivity contribution in [1.29, 1.82) is 0 Å². The molecule has 0 unspecified atom stereocenters. The summed E-state index contributed by atoms with van der Waals surface area (Å²) < 4.78 is 0.477. The van der Waals surface area contributed by atoms with Gasteiger partial charge in [-0.3, -0.25) is 4.79 Å². The van der Waals surface area contributed by atoms with Gasteiger partial charge in [-0.25, -0.2) is 5.43 Å². The number of rotatable bonds is 5. The molecule has 0 aliphatic rings.